The van der Waals surface area contributed by atoms with Crippen LogP contribution in [-0.2, 0) is 12.8 Å². The van der Waals surface area contributed by atoms with Crippen LogP contribution in [0.4, 0.5) is 5.69 Å². The quantitative estimate of drug-likeness (QED) is 0.608. The van der Waals surface area contributed by atoms with E-state index in [0.717, 1.165) is 24.9 Å². The largest absolute Gasteiger partial charge is 0.319 e. The van der Waals surface area contributed by atoms with Crippen molar-refractivity contribution in [3.8, 4) is 0 Å². The molecule has 0 heterocycles. The first-order valence-electron chi connectivity index (χ1n) is 8.64. The number of halogens is 1. The summed E-state index contributed by atoms with van der Waals surface area (Å²) in [5.41, 5.74) is 4.16. The van der Waals surface area contributed by atoms with Crippen LogP contribution < -0.4 is 5.32 Å². The lowest BCUT2D eigenvalue weighted by atomic mass is 9.73. The average molecular weight is 361 g/mol. The van der Waals surface area contributed by atoms with E-state index in [2.05, 4.69) is 29.6 Å². The Morgan fingerprint density at radius 3 is 2.80 bits per heavy atom. The van der Waals surface area contributed by atoms with Gasteiger partial charge in [0.15, 0.2) is 0 Å². The number of nitrogens with zero attached hydrogens (tertiary/aromatic N) is 1. The predicted molar refractivity (Wildman–Crippen MR) is 104 cm³/mol. The van der Waals surface area contributed by atoms with E-state index in [4.69, 9.17) is 0 Å². The Kier molecular flexibility index (Phi) is 6.97. The first kappa shape index (κ1) is 19.4. The molecule has 0 aromatic heterocycles. The zero-order chi connectivity index (χ0) is 16.9. The van der Waals surface area contributed by atoms with Crippen molar-refractivity contribution < 1.29 is 4.92 Å². The topological polar surface area (TPSA) is 55.2 Å². The number of nitro benzene ring substituents is 1. The average Bonchev–Trinajstić information content (AvgIpc) is 2.61. The maximum atomic E-state index is 11.0. The molecule has 4 nitrogen and oxygen atoms in total. The Bertz CT molecular complexity index is 720. The fourth-order valence-corrected chi connectivity index (χ4v) is 4.00. The van der Waals surface area contributed by atoms with E-state index >= 15 is 0 Å². The van der Waals surface area contributed by atoms with Crippen LogP contribution in [0.15, 0.2) is 48.5 Å². The third-order valence-corrected chi connectivity index (χ3v) is 5.07. The number of benzene rings is 2. The Morgan fingerprint density at radius 2 is 2.04 bits per heavy atom. The van der Waals surface area contributed by atoms with Crippen molar-refractivity contribution in [2.24, 2.45) is 5.92 Å². The van der Waals surface area contributed by atoms with Crippen LogP contribution in [0, 0.1) is 16.0 Å². The highest BCUT2D eigenvalue weighted by Gasteiger charge is 2.27. The van der Waals surface area contributed by atoms with Crippen LogP contribution in [0.1, 0.15) is 35.4 Å². The molecule has 1 aliphatic rings. The molecular weight excluding hydrogens is 336 g/mol. The van der Waals surface area contributed by atoms with E-state index in [1.807, 2.05) is 13.1 Å². The molecule has 0 amide bonds. The van der Waals surface area contributed by atoms with E-state index in [-0.39, 0.29) is 23.0 Å². The molecule has 3 rings (SSSR count). The Balaban J connectivity index is 0.00000225. The maximum Gasteiger partial charge on any atom is 0.269 e. The summed E-state index contributed by atoms with van der Waals surface area (Å²) in [6.07, 6.45) is 4.44. The van der Waals surface area contributed by atoms with Crippen LogP contribution in [0.2, 0.25) is 0 Å². The van der Waals surface area contributed by atoms with Crippen molar-refractivity contribution in [1.82, 2.24) is 5.32 Å². The van der Waals surface area contributed by atoms with E-state index in [1.165, 1.54) is 24.0 Å². The zero-order valence-corrected chi connectivity index (χ0v) is 15.3. The van der Waals surface area contributed by atoms with E-state index < -0.39 is 0 Å². The number of non-ortho nitro benzene ring substituents is 1. The maximum absolute atomic E-state index is 11.0. The van der Waals surface area contributed by atoms with E-state index in [1.54, 1.807) is 18.2 Å². The predicted octanol–water partition coefficient (Wildman–Crippen LogP) is 4.51. The number of nitrogens with one attached hydrogen (secondary N) is 1. The minimum atomic E-state index is -0.313. The van der Waals surface area contributed by atoms with Gasteiger partial charge in [0.05, 0.1) is 4.92 Å². The number of hydrogen-bond acceptors (Lipinski definition) is 3. The van der Waals surface area contributed by atoms with Crippen LogP contribution in [-0.4, -0.2) is 18.5 Å². The Labute approximate surface area is 155 Å². The lowest BCUT2D eigenvalue weighted by Gasteiger charge is -2.32. The molecule has 0 radical (unpaired) electrons. The SMILES string of the molecule is CNCC(Cc1cccc([N+](=O)[O-])c1)C1CCCc2ccccc21.Cl. The van der Waals surface area contributed by atoms with Gasteiger partial charge in [-0.1, -0.05) is 36.4 Å². The molecule has 2 aromatic rings. The summed E-state index contributed by atoms with van der Waals surface area (Å²) in [4.78, 5) is 10.7. The lowest BCUT2D eigenvalue weighted by molar-refractivity contribution is -0.384. The molecule has 0 spiro atoms. The fraction of sp³-hybridized carbons (Fsp3) is 0.400. The van der Waals surface area contributed by atoms with Crippen molar-refractivity contribution in [3.05, 3.63) is 75.3 Å². The highest BCUT2D eigenvalue weighted by atomic mass is 35.5. The third-order valence-electron chi connectivity index (χ3n) is 5.07. The standard InChI is InChI=1S/C20H24N2O2.ClH/c1-21-14-17(12-15-6-4-9-18(13-15)22(23)24)20-11-5-8-16-7-2-3-10-19(16)20;/h2-4,6-7,9-10,13,17,20-21H,5,8,11-12,14H2,1H3;1H. The van der Waals surface area contributed by atoms with Gasteiger partial charge in [0.2, 0.25) is 0 Å². The van der Waals surface area contributed by atoms with E-state index in [0.29, 0.717) is 11.8 Å². The molecule has 0 fully saturated rings. The number of hydrogen-bond donors (Lipinski definition) is 1. The van der Waals surface area contributed by atoms with Gasteiger partial charge in [0, 0.05) is 12.1 Å². The minimum Gasteiger partial charge on any atom is -0.319 e. The molecular formula is C20H25ClN2O2. The molecule has 2 unspecified atom stereocenters. The van der Waals surface area contributed by atoms with Gasteiger partial charge in [0.1, 0.15) is 0 Å². The molecule has 0 saturated carbocycles. The smallest absolute Gasteiger partial charge is 0.269 e. The molecule has 0 bridgehead atoms. The summed E-state index contributed by atoms with van der Waals surface area (Å²) in [7, 11) is 1.98. The normalized spacial score (nSPS) is 17.2. The summed E-state index contributed by atoms with van der Waals surface area (Å²) in [5, 5.41) is 14.3. The van der Waals surface area contributed by atoms with Crippen LogP contribution in [0.3, 0.4) is 0 Å². The van der Waals surface area contributed by atoms with Gasteiger partial charge >= 0.3 is 0 Å². The Hall–Kier alpha value is -1.91. The number of rotatable bonds is 6. The van der Waals surface area contributed by atoms with Crippen molar-refractivity contribution in [3.63, 3.8) is 0 Å². The minimum absolute atomic E-state index is 0. The molecule has 0 aliphatic heterocycles. The number of nitro groups is 1. The first-order valence-corrected chi connectivity index (χ1v) is 8.64. The van der Waals surface area contributed by atoms with Crippen LogP contribution in [0.25, 0.3) is 0 Å². The monoisotopic (exact) mass is 360 g/mol. The van der Waals surface area contributed by atoms with Gasteiger partial charge in [0.25, 0.3) is 5.69 Å². The van der Waals surface area contributed by atoms with Crippen LogP contribution >= 0.6 is 12.4 Å². The Morgan fingerprint density at radius 1 is 1.24 bits per heavy atom. The van der Waals surface area contributed by atoms with Crippen molar-refractivity contribution >= 4 is 18.1 Å². The molecule has 5 heteroatoms. The van der Waals surface area contributed by atoms with Crippen molar-refractivity contribution in [2.75, 3.05) is 13.6 Å². The van der Waals surface area contributed by atoms with Gasteiger partial charge in [-0.05, 0) is 67.8 Å². The highest BCUT2D eigenvalue weighted by molar-refractivity contribution is 5.85. The molecule has 1 aliphatic carbocycles. The second-order valence-electron chi connectivity index (χ2n) is 6.65. The van der Waals surface area contributed by atoms with Crippen molar-refractivity contribution in [1.29, 1.82) is 0 Å². The van der Waals surface area contributed by atoms with Gasteiger partial charge in [-0.15, -0.1) is 12.4 Å². The molecule has 1 N–H and O–H groups in total. The summed E-state index contributed by atoms with van der Waals surface area (Å²) < 4.78 is 0. The van der Waals surface area contributed by atoms with Crippen molar-refractivity contribution in [2.45, 2.75) is 31.6 Å². The number of aryl methyl sites for hydroxylation is 1. The fourth-order valence-electron chi connectivity index (χ4n) is 4.00. The molecule has 25 heavy (non-hydrogen) atoms. The van der Waals surface area contributed by atoms with Gasteiger partial charge in [-0.25, -0.2) is 0 Å². The summed E-state index contributed by atoms with van der Waals surface area (Å²) in [6.45, 7) is 0.918. The van der Waals surface area contributed by atoms with Gasteiger partial charge in [-0.2, -0.15) is 0 Å². The lowest BCUT2D eigenvalue weighted by Crippen LogP contribution is -2.29. The molecule has 2 atom stereocenters. The summed E-state index contributed by atoms with van der Waals surface area (Å²) >= 11 is 0. The second kappa shape index (κ2) is 8.97. The van der Waals surface area contributed by atoms with Gasteiger partial charge in [-0.3, -0.25) is 10.1 Å². The van der Waals surface area contributed by atoms with Crippen LogP contribution in [0.5, 0.6) is 0 Å². The third kappa shape index (κ3) is 4.59. The summed E-state index contributed by atoms with van der Waals surface area (Å²) in [5.74, 6) is 0.958. The number of fused-ring (bicyclic) bond motifs is 1. The first-order chi connectivity index (χ1) is 11.7. The van der Waals surface area contributed by atoms with E-state index in [9.17, 15) is 10.1 Å². The van der Waals surface area contributed by atoms with Gasteiger partial charge < -0.3 is 5.32 Å². The zero-order valence-electron chi connectivity index (χ0n) is 14.5. The summed E-state index contributed by atoms with van der Waals surface area (Å²) in [6, 6.07) is 15.8. The molecule has 0 saturated heterocycles. The molecule has 2 aromatic carbocycles. The molecule has 134 valence electrons. The highest BCUT2D eigenvalue weighted by Crippen LogP contribution is 2.38. The second-order valence-corrected chi connectivity index (χ2v) is 6.65.